The molecule has 0 bridgehead atoms. The Balaban J connectivity index is 1.36. The Bertz CT molecular complexity index is 1400. The minimum atomic E-state index is -0.104. The van der Waals surface area contributed by atoms with Gasteiger partial charge in [0.05, 0.1) is 16.5 Å². The van der Waals surface area contributed by atoms with Crippen molar-refractivity contribution in [1.29, 1.82) is 0 Å². The molecule has 0 atom stereocenters. The predicted octanol–water partition coefficient (Wildman–Crippen LogP) is 5.77. The molecule has 2 heterocycles. The monoisotopic (exact) mass is 470 g/mol. The standard InChI is InChI=1S/C27H26N4O2S/c1-19-8-9-20(2)26-25(19)29-27(34-26)31(14-5-13-30-15-12-28-18-30)24(32)17-33-23-11-10-21-6-3-4-7-22(21)16-23/h3-4,6-12,15-16,18H,5,13-14,17H2,1-2H3. The van der Waals surface area contributed by atoms with Crippen molar-refractivity contribution >= 4 is 43.4 Å². The van der Waals surface area contributed by atoms with E-state index in [1.54, 1.807) is 28.8 Å². The summed E-state index contributed by atoms with van der Waals surface area (Å²) in [5.41, 5.74) is 3.24. The lowest BCUT2D eigenvalue weighted by Gasteiger charge is -2.20. The number of rotatable bonds is 8. The Morgan fingerprint density at radius 2 is 1.88 bits per heavy atom. The highest BCUT2D eigenvalue weighted by molar-refractivity contribution is 7.22. The van der Waals surface area contributed by atoms with Crippen molar-refractivity contribution in [3.05, 3.63) is 84.4 Å². The maximum Gasteiger partial charge on any atom is 0.266 e. The Kier molecular flexibility index (Phi) is 6.27. The summed E-state index contributed by atoms with van der Waals surface area (Å²) in [4.78, 5) is 24.1. The van der Waals surface area contributed by atoms with Gasteiger partial charge in [-0.3, -0.25) is 9.69 Å². The van der Waals surface area contributed by atoms with Crippen LogP contribution >= 0.6 is 11.3 Å². The number of ether oxygens (including phenoxy) is 1. The highest BCUT2D eigenvalue weighted by Crippen LogP contribution is 2.33. The molecule has 3 aromatic carbocycles. The van der Waals surface area contributed by atoms with E-state index in [1.807, 2.05) is 47.2 Å². The molecule has 1 amide bonds. The molecule has 34 heavy (non-hydrogen) atoms. The van der Waals surface area contributed by atoms with Gasteiger partial charge in [0.1, 0.15) is 5.75 Å². The van der Waals surface area contributed by atoms with Gasteiger partial charge in [0.25, 0.3) is 5.91 Å². The lowest BCUT2D eigenvalue weighted by Crippen LogP contribution is -2.36. The van der Waals surface area contributed by atoms with E-state index in [0.29, 0.717) is 17.4 Å². The van der Waals surface area contributed by atoms with E-state index in [1.165, 1.54) is 5.56 Å². The molecule has 0 N–H and O–H groups in total. The Morgan fingerprint density at radius 1 is 1.06 bits per heavy atom. The molecule has 7 heteroatoms. The average molecular weight is 471 g/mol. The van der Waals surface area contributed by atoms with Crippen LogP contribution < -0.4 is 9.64 Å². The topological polar surface area (TPSA) is 60.2 Å². The second-order valence-corrected chi connectivity index (χ2v) is 9.35. The second-order valence-electron chi connectivity index (χ2n) is 8.37. The number of imidazole rings is 1. The zero-order valence-electron chi connectivity index (χ0n) is 19.3. The summed E-state index contributed by atoms with van der Waals surface area (Å²) in [5.74, 6) is 0.578. The van der Waals surface area contributed by atoms with Crippen molar-refractivity contribution in [2.45, 2.75) is 26.8 Å². The number of benzene rings is 3. The van der Waals surface area contributed by atoms with Gasteiger partial charge in [0, 0.05) is 25.5 Å². The average Bonchev–Trinajstić information content (AvgIpc) is 3.53. The first-order chi connectivity index (χ1) is 16.6. The molecular weight excluding hydrogens is 444 g/mol. The van der Waals surface area contributed by atoms with Crippen molar-refractivity contribution in [3.8, 4) is 5.75 Å². The van der Waals surface area contributed by atoms with Crippen LogP contribution in [0.1, 0.15) is 17.5 Å². The van der Waals surface area contributed by atoms with Crippen molar-refractivity contribution in [1.82, 2.24) is 14.5 Å². The number of fused-ring (bicyclic) bond motifs is 2. The summed E-state index contributed by atoms with van der Waals surface area (Å²) in [6, 6.07) is 18.2. The van der Waals surface area contributed by atoms with E-state index in [2.05, 4.69) is 37.0 Å². The number of anilines is 1. The molecule has 172 valence electrons. The van der Waals surface area contributed by atoms with Crippen molar-refractivity contribution in [3.63, 3.8) is 0 Å². The number of aromatic nitrogens is 3. The van der Waals surface area contributed by atoms with Crippen molar-refractivity contribution in [2.24, 2.45) is 0 Å². The normalized spacial score (nSPS) is 11.2. The van der Waals surface area contributed by atoms with E-state index < -0.39 is 0 Å². The predicted molar refractivity (Wildman–Crippen MR) is 138 cm³/mol. The van der Waals surface area contributed by atoms with Gasteiger partial charge in [-0.1, -0.05) is 53.8 Å². The number of hydrogen-bond donors (Lipinski definition) is 0. The van der Waals surface area contributed by atoms with Gasteiger partial charge in [-0.2, -0.15) is 0 Å². The molecular formula is C27H26N4O2S. The largest absolute Gasteiger partial charge is 0.484 e. The molecule has 0 radical (unpaired) electrons. The van der Waals surface area contributed by atoms with Gasteiger partial charge in [-0.25, -0.2) is 9.97 Å². The van der Waals surface area contributed by atoms with E-state index in [9.17, 15) is 4.79 Å². The molecule has 0 fully saturated rings. The zero-order valence-corrected chi connectivity index (χ0v) is 20.1. The smallest absolute Gasteiger partial charge is 0.266 e. The second kappa shape index (κ2) is 9.65. The zero-order chi connectivity index (χ0) is 23.5. The van der Waals surface area contributed by atoms with Crippen LogP contribution in [0.25, 0.3) is 21.0 Å². The third-order valence-electron chi connectivity index (χ3n) is 5.90. The van der Waals surface area contributed by atoms with Gasteiger partial charge in [-0.15, -0.1) is 0 Å². The molecule has 0 aliphatic carbocycles. The molecule has 2 aromatic heterocycles. The van der Waals surface area contributed by atoms with Crippen LogP contribution in [0.2, 0.25) is 0 Å². The molecule has 5 aromatic rings. The van der Waals surface area contributed by atoms with Crippen LogP contribution in [0.4, 0.5) is 5.13 Å². The number of aryl methyl sites for hydroxylation is 3. The maximum absolute atomic E-state index is 13.4. The molecule has 0 aliphatic heterocycles. The highest BCUT2D eigenvalue weighted by Gasteiger charge is 2.21. The number of carbonyl (C=O) groups is 1. The molecule has 0 aliphatic rings. The van der Waals surface area contributed by atoms with E-state index in [0.717, 1.165) is 39.5 Å². The number of thiazole rings is 1. The summed E-state index contributed by atoms with van der Waals surface area (Å²) in [5, 5.41) is 2.94. The fourth-order valence-electron chi connectivity index (χ4n) is 4.00. The molecule has 0 saturated heterocycles. The van der Waals surface area contributed by atoms with Crippen molar-refractivity contribution < 1.29 is 9.53 Å². The lowest BCUT2D eigenvalue weighted by atomic mass is 10.1. The summed E-state index contributed by atoms with van der Waals surface area (Å²) in [6.07, 6.45) is 6.27. The molecule has 5 rings (SSSR count). The van der Waals surface area contributed by atoms with E-state index in [4.69, 9.17) is 9.72 Å². The molecule has 6 nitrogen and oxygen atoms in total. The van der Waals surface area contributed by atoms with Gasteiger partial charge in [-0.05, 0) is 54.3 Å². The van der Waals surface area contributed by atoms with Crippen LogP contribution in [0.3, 0.4) is 0 Å². The van der Waals surface area contributed by atoms with E-state index >= 15 is 0 Å². The van der Waals surface area contributed by atoms with Gasteiger partial charge in [0.15, 0.2) is 11.7 Å². The number of hydrogen-bond acceptors (Lipinski definition) is 5. The number of amides is 1. The highest BCUT2D eigenvalue weighted by atomic mass is 32.1. The summed E-state index contributed by atoms with van der Waals surface area (Å²) >= 11 is 1.57. The number of nitrogens with zero attached hydrogens (tertiary/aromatic N) is 4. The number of carbonyl (C=O) groups excluding carboxylic acids is 1. The van der Waals surface area contributed by atoms with Gasteiger partial charge >= 0.3 is 0 Å². The lowest BCUT2D eigenvalue weighted by molar-refractivity contribution is -0.120. The molecule has 0 spiro atoms. The van der Waals surface area contributed by atoms with Crippen LogP contribution in [-0.4, -0.2) is 33.6 Å². The summed E-state index contributed by atoms with van der Waals surface area (Å²) < 4.78 is 9.06. The van der Waals surface area contributed by atoms with Crippen LogP contribution in [0.5, 0.6) is 5.75 Å². The Labute approximate surface area is 202 Å². The van der Waals surface area contributed by atoms with Crippen LogP contribution in [0, 0.1) is 13.8 Å². The maximum atomic E-state index is 13.4. The fraction of sp³-hybridized carbons (Fsp3) is 0.222. The SMILES string of the molecule is Cc1ccc(C)c2sc(N(CCCn3ccnc3)C(=O)COc3ccc4ccccc4c3)nc12. The summed E-state index contributed by atoms with van der Waals surface area (Å²) in [6.45, 7) is 5.42. The summed E-state index contributed by atoms with van der Waals surface area (Å²) in [7, 11) is 0. The minimum Gasteiger partial charge on any atom is -0.484 e. The van der Waals surface area contributed by atoms with Crippen LogP contribution in [0.15, 0.2) is 73.3 Å². The van der Waals surface area contributed by atoms with Gasteiger partial charge in [0.2, 0.25) is 0 Å². The fourth-order valence-corrected chi connectivity index (χ4v) is 5.16. The Hall–Kier alpha value is -3.71. The quantitative estimate of drug-likeness (QED) is 0.289. The van der Waals surface area contributed by atoms with Crippen LogP contribution in [-0.2, 0) is 11.3 Å². The first kappa shape index (κ1) is 22.1. The first-order valence-electron chi connectivity index (χ1n) is 11.3. The third-order valence-corrected chi connectivity index (χ3v) is 7.12. The first-order valence-corrected chi connectivity index (χ1v) is 12.1. The van der Waals surface area contributed by atoms with E-state index in [-0.39, 0.29) is 12.5 Å². The minimum absolute atomic E-state index is 0.0443. The van der Waals surface area contributed by atoms with Crippen molar-refractivity contribution in [2.75, 3.05) is 18.1 Å². The molecule has 0 saturated carbocycles. The van der Waals surface area contributed by atoms with Gasteiger partial charge < -0.3 is 9.30 Å². The molecule has 0 unspecified atom stereocenters. The third kappa shape index (κ3) is 4.65. The Morgan fingerprint density at radius 3 is 2.68 bits per heavy atom.